The highest BCUT2D eigenvalue weighted by atomic mass is 15.3. The van der Waals surface area contributed by atoms with Gasteiger partial charge >= 0.3 is 0 Å². The molecule has 2 aliphatic carbocycles. The maximum absolute atomic E-state index is 5.29. The molecule has 3 aliphatic rings. The van der Waals surface area contributed by atoms with Crippen LogP contribution in [0.15, 0.2) is 140 Å². The van der Waals surface area contributed by atoms with Crippen molar-refractivity contribution in [1.82, 2.24) is 15.0 Å². The second-order valence-corrected chi connectivity index (χ2v) is 15.1. The van der Waals surface area contributed by atoms with Gasteiger partial charge in [0.25, 0.3) is 0 Å². The number of benzene rings is 6. The average molecular weight is 673 g/mol. The molecule has 0 bridgehead atoms. The minimum atomic E-state index is -0.0590. The minimum absolute atomic E-state index is 0.0590. The fourth-order valence-corrected chi connectivity index (χ4v) is 9.10. The number of hydrogen-bond donors (Lipinski definition) is 0. The summed E-state index contributed by atoms with van der Waals surface area (Å²) in [5.74, 6) is 2.69. The Morgan fingerprint density at radius 2 is 1.31 bits per heavy atom. The van der Waals surface area contributed by atoms with Gasteiger partial charge in [-0.2, -0.15) is 9.97 Å². The summed E-state index contributed by atoms with van der Waals surface area (Å²) in [5, 5.41) is 0. The van der Waals surface area contributed by atoms with Crippen LogP contribution in [0, 0.1) is 0 Å². The van der Waals surface area contributed by atoms with Gasteiger partial charge in [-0.3, -0.25) is 0 Å². The smallest absolute Gasteiger partial charge is 0.233 e. The zero-order valence-electron chi connectivity index (χ0n) is 29.7. The Hall–Kier alpha value is -5.87. The molecule has 0 spiro atoms. The number of para-hydroxylation sites is 1. The summed E-state index contributed by atoms with van der Waals surface area (Å²) in [7, 11) is 0. The van der Waals surface area contributed by atoms with E-state index in [4.69, 9.17) is 15.0 Å². The van der Waals surface area contributed by atoms with E-state index in [2.05, 4.69) is 152 Å². The van der Waals surface area contributed by atoms with Crippen LogP contribution < -0.4 is 4.90 Å². The van der Waals surface area contributed by atoms with Crippen molar-refractivity contribution in [3.63, 3.8) is 0 Å². The van der Waals surface area contributed by atoms with Gasteiger partial charge in [-0.1, -0.05) is 141 Å². The molecule has 10 rings (SSSR count). The number of nitrogens with zero attached hydrogens (tertiary/aromatic N) is 4. The zero-order chi connectivity index (χ0) is 34.8. The molecule has 4 nitrogen and oxygen atoms in total. The van der Waals surface area contributed by atoms with Gasteiger partial charge in [0, 0.05) is 29.5 Å². The lowest BCUT2D eigenvalue weighted by Crippen LogP contribution is -2.23. The van der Waals surface area contributed by atoms with Crippen molar-refractivity contribution < 1.29 is 0 Å². The predicted octanol–water partition coefficient (Wildman–Crippen LogP) is 11.1. The Balaban J connectivity index is 1.04. The predicted molar refractivity (Wildman–Crippen MR) is 212 cm³/mol. The quantitative estimate of drug-likeness (QED) is 0.182. The molecule has 0 saturated heterocycles. The van der Waals surface area contributed by atoms with Crippen LogP contribution in [0.3, 0.4) is 0 Å². The van der Waals surface area contributed by atoms with Crippen molar-refractivity contribution in [3.8, 4) is 44.8 Å². The van der Waals surface area contributed by atoms with E-state index in [9.17, 15) is 0 Å². The van der Waals surface area contributed by atoms with E-state index >= 15 is 0 Å². The van der Waals surface area contributed by atoms with Crippen LogP contribution >= 0.6 is 0 Å². The largest absolute Gasteiger partial charge is 0.309 e. The van der Waals surface area contributed by atoms with Crippen molar-refractivity contribution in [2.24, 2.45) is 0 Å². The molecule has 0 fully saturated rings. The van der Waals surface area contributed by atoms with E-state index < -0.39 is 0 Å². The Bertz CT molecular complexity index is 2500. The number of rotatable bonds is 5. The second-order valence-electron chi connectivity index (χ2n) is 15.1. The summed E-state index contributed by atoms with van der Waals surface area (Å²) in [4.78, 5) is 18.0. The van der Waals surface area contributed by atoms with Gasteiger partial charge in [0.15, 0.2) is 5.82 Å². The van der Waals surface area contributed by atoms with Crippen LogP contribution in [0.2, 0.25) is 0 Å². The first-order chi connectivity index (χ1) is 25.5. The summed E-state index contributed by atoms with van der Waals surface area (Å²) < 4.78 is 0. The van der Waals surface area contributed by atoms with E-state index in [0.717, 1.165) is 61.1 Å². The maximum Gasteiger partial charge on any atom is 0.233 e. The van der Waals surface area contributed by atoms with E-state index in [1.807, 2.05) is 6.07 Å². The highest BCUT2D eigenvalue weighted by Gasteiger charge is 2.37. The lowest BCUT2D eigenvalue weighted by Gasteiger charge is -2.28. The molecule has 7 aromatic rings. The SMILES string of the molecule is CC1(C)c2ccccc2-c2cc3c(cc21)-c1ccccc1N(c1nc(CCC2Cc4ccccc4-c4ccccc42)nc(-c2ccccc2)n1)CC3. The molecule has 0 radical (unpaired) electrons. The van der Waals surface area contributed by atoms with Gasteiger partial charge in [-0.15, -0.1) is 0 Å². The van der Waals surface area contributed by atoms with Crippen molar-refractivity contribution >= 4 is 11.6 Å². The number of anilines is 2. The lowest BCUT2D eigenvalue weighted by molar-refractivity contribution is 0.601. The average Bonchev–Trinajstić information content (AvgIpc) is 3.30. The summed E-state index contributed by atoms with van der Waals surface area (Å²) in [6.07, 6.45) is 3.65. The summed E-state index contributed by atoms with van der Waals surface area (Å²) in [6, 6.07) is 50.8. The van der Waals surface area contributed by atoms with Crippen molar-refractivity contribution in [3.05, 3.63) is 173 Å². The van der Waals surface area contributed by atoms with E-state index in [1.54, 1.807) is 0 Å². The maximum atomic E-state index is 5.29. The van der Waals surface area contributed by atoms with Gasteiger partial charge in [-0.05, 0) is 92.9 Å². The Morgan fingerprint density at radius 1 is 0.596 bits per heavy atom. The molecule has 1 aromatic heterocycles. The molecule has 1 unspecified atom stereocenters. The molecule has 6 aromatic carbocycles. The van der Waals surface area contributed by atoms with Crippen LogP contribution in [0.1, 0.15) is 59.8 Å². The third kappa shape index (κ3) is 5.00. The van der Waals surface area contributed by atoms with Crippen LogP contribution in [-0.2, 0) is 24.7 Å². The van der Waals surface area contributed by atoms with Crippen molar-refractivity contribution in [2.45, 2.75) is 50.9 Å². The zero-order valence-corrected chi connectivity index (χ0v) is 29.7. The van der Waals surface area contributed by atoms with Crippen LogP contribution in [0.5, 0.6) is 0 Å². The molecule has 1 atom stereocenters. The number of aryl methyl sites for hydroxylation is 1. The molecule has 2 heterocycles. The third-order valence-electron chi connectivity index (χ3n) is 11.7. The lowest BCUT2D eigenvalue weighted by atomic mass is 9.77. The molecule has 4 heteroatoms. The molecule has 0 saturated carbocycles. The van der Waals surface area contributed by atoms with Gasteiger partial charge in [0.2, 0.25) is 5.95 Å². The second kappa shape index (κ2) is 12.1. The van der Waals surface area contributed by atoms with E-state index in [1.165, 1.54) is 61.2 Å². The highest BCUT2D eigenvalue weighted by Crippen LogP contribution is 2.52. The van der Waals surface area contributed by atoms with Crippen LogP contribution in [0.4, 0.5) is 11.6 Å². The molecule has 52 heavy (non-hydrogen) atoms. The topological polar surface area (TPSA) is 41.9 Å². The summed E-state index contributed by atoms with van der Waals surface area (Å²) in [6.45, 7) is 5.50. The standard InChI is InChI=1S/C48H40N4/c1-48(2)42-22-12-10-20-38(42)41-29-34-26-27-52(44-23-13-11-21-39(44)40(34)30-43(41)48)47-50-45(49-46(51-47)31-14-4-3-5-15-31)25-24-33-28-32-16-6-7-17-35(32)37-19-9-8-18-36(33)37/h3-23,29-30,33H,24-28H2,1-2H3. The van der Waals surface area contributed by atoms with E-state index in [0.29, 0.717) is 5.92 Å². The first-order valence-corrected chi connectivity index (χ1v) is 18.6. The van der Waals surface area contributed by atoms with Gasteiger partial charge < -0.3 is 4.90 Å². The number of fused-ring (bicyclic) bond motifs is 9. The van der Waals surface area contributed by atoms with Crippen molar-refractivity contribution in [2.75, 3.05) is 11.4 Å². The monoisotopic (exact) mass is 672 g/mol. The number of aromatic nitrogens is 3. The van der Waals surface area contributed by atoms with Crippen LogP contribution in [-0.4, -0.2) is 21.5 Å². The molecule has 252 valence electrons. The fraction of sp³-hybridized carbons (Fsp3) is 0.188. The van der Waals surface area contributed by atoms with E-state index in [-0.39, 0.29) is 5.41 Å². The fourth-order valence-electron chi connectivity index (χ4n) is 9.10. The summed E-state index contributed by atoms with van der Waals surface area (Å²) in [5.41, 5.74) is 17.1. The normalized spacial score (nSPS) is 16.1. The Labute approximate surface area is 305 Å². The first kappa shape index (κ1) is 30.9. The minimum Gasteiger partial charge on any atom is -0.309 e. The Morgan fingerprint density at radius 3 is 2.17 bits per heavy atom. The third-order valence-corrected chi connectivity index (χ3v) is 11.7. The van der Waals surface area contributed by atoms with Gasteiger partial charge in [0.1, 0.15) is 5.82 Å². The number of hydrogen-bond acceptors (Lipinski definition) is 4. The molecule has 0 N–H and O–H groups in total. The van der Waals surface area contributed by atoms with Crippen molar-refractivity contribution in [1.29, 1.82) is 0 Å². The van der Waals surface area contributed by atoms with Crippen LogP contribution in [0.25, 0.3) is 44.8 Å². The van der Waals surface area contributed by atoms with Gasteiger partial charge in [0.05, 0.1) is 5.69 Å². The Kier molecular flexibility index (Phi) is 7.21. The molecule has 0 amide bonds. The molecular formula is C48H40N4. The highest BCUT2D eigenvalue weighted by molar-refractivity contribution is 5.90. The van der Waals surface area contributed by atoms with Gasteiger partial charge in [-0.25, -0.2) is 4.98 Å². The molecule has 1 aliphatic heterocycles. The first-order valence-electron chi connectivity index (χ1n) is 18.6. The summed E-state index contributed by atoms with van der Waals surface area (Å²) >= 11 is 0. The molecular weight excluding hydrogens is 633 g/mol.